The van der Waals surface area contributed by atoms with Crippen molar-refractivity contribution in [2.45, 2.75) is 13.5 Å². The summed E-state index contributed by atoms with van der Waals surface area (Å²) in [6.07, 6.45) is 1.77. The SMILES string of the molecule is CCN(CC(=N)N)Cc1ccccn1. The first-order valence-electron chi connectivity index (χ1n) is 4.67. The summed E-state index contributed by atoms with van der Waals surface area (Å²) < 4.78 is 0. The normalized spacial score (nSPS) is 10.4. The monoisotopic (exact) mass is 192 g/mol. The fourth-order valence-electron chi connectivity index (χ4n) is 1.24. The molecule has 0 atom stereocenters. The molecule has 0 aliphatic heterocycles. The molecule has 0 bridgehead atoms. The first-order valence-corrected chi connectivity index (χ1v) is 4.67. The summed E-state index contributed by atoms with van der Waals surface area (Å²) in [6.45, 7) is 4.17. The summed E-state index contributed by atoms with van der Waals surface area (Å²) in [6, 6.07) is 5.83. The van der Waals surface area contributed by atoms with Crippen LogP contribution >= 0.6 is 0 Å². The Balaban J connectivity index is 2.53. The van der Waals surface area contributed by atoms with Gasteiger partial charge in [-0.05, 0) is 18.7 Å². The number of pyridine rings is 1. The minimum atomic E-state index is 0.197. The third-order valence-electron chi connectivity index (χ3n) is 1.95. The third-order valence-corrected chi connectivity index (χ3v) is 1.95. The van der Waals surface area contributed by atoms with Crippen LogP contribution in [-0.2, 0) is 6.54 Å². The van der Waals surface area contributed by atoms with Crippen molar-refractivity contribution in [1.29, 1.82) is 5.41 Å². The Labute approximate surface area is 84.3 Å². The molecule has 0 spiro atoms. The highest BCUT2D eigenvalue weighted by atomic mass is 15.1. The van der Waals surface area contributed by atoms with Gasteiger partial charge in [-0.1, -0.05) is 13.0 Å². The molecule has 0 aliphatic carbocycles. The quantitative estimate of drug-likeness (QED) is 0.536. The van der Waals surface area contributed by atoms with Crippen LogP contribution in [0.4, 0.5) is 0 Å². The van der Waals surface area contributed by atoms with Gasteiger partial charge in [-0.25, -0.2) is 0 Å². The Morgan fingerprint density at radius 1 is 1.57 bits per heavy atom. The van der Waals surface area contributed by atoms with Crippen LogP contribution in [0.5, 0.6) is 0 Å². The number of hydrogen-bond acceptors (Lipinski definition) is 3. The molecule has 3 N–H and O–H groups in total. The molecule has 0 aromatic carbocycles. The zero-order valence-electron chi connectivity index (χ0n) is 8.40. The van der Waals surface area contributed by atoms with Crippen LogP contribution in [0.2, 0.25) is 0 Å². The van der Waals surface area contributed by atoms with E-state index in [9.17, 15) is 0 Å². The Morgan fingerprint density at radius 2 is 2.36 bits per heavy atom. The zero-order valence-corrected chi connectivity index (χ0v) is 8.40. The Hall–Kier alpha value is -1.42. The van der Waals surface area contributed by atoms with Gasteiger partial charge < -0.3 is 5.73 Å². The van der Waals surface area contributed by atoms with Crippen LogP contribution in [0.1, 0.15) is 12.6 Å². The molecule has 0 fully saturated rings. The van der Waals surface area contributed by atoms with E-state index in [1.54, 1.807) is 6.20 Å². The minimum absolute atomic E-state index is 0.197. The van der Waals surface area contributed by atoms with Gasteiger partial charge in [-0.2, -0.15) is 0 Å². The van der Waals surface area contributed by atoms with E-state index in [-0.39, 0.29) is 5.84 Å². The molecule has 1 heterocycles. The maximum absolute atomic E-state index is 7.21. The van der Waals surface area contributed by atoms with Crippen LogP contribution in [0, 0.1) is 5.41 Å². The second kappa shape index (κ2) is 5.34. The van der Waals surface area contributed by atoms with Crippen LogP contribution in [0.15, 0.2) is 24.4 Å². The summed E-state index contributed by atoms with van der Waals surface area (Å²) in [5.74, 6) is 0.197. The molecule has 76 valence electrons. The van der Waals surface area contributed by atoms with Crippen molar-refractivity contribution in [2.24, 2.45) is 5.73 Å². The van der Waals surface area contributed by atoms with Crippen LogP contribution < -0.4 is 5.73 Å². The molecule has 4 nitrogen and oxygen atoms in total. The van der Waals surface area contributed by atoms with Crippen molar-refractivity contribution in [3.8, 4) is 0 Å². The van der Waals surface area contributed by atoms with E-state index in [1.807, 2.05) is 25.1 Å². The molecule has 1 aromatic rings. The van der Waals surface area contributed by atoms with Gasteiger partial charge in [-0.15, -0.1) is 0 Å². The summed E-state index contributed by atoms with van der Waals surface area (Å²) in [5.41, 5.74) is 6.35. The Kier molecular flexibility index (Phi) is 4.07. The Morgan fingerprint density at radius 3 is 2.86 bits per heavy atom. The second-order valence-corrected chi connectivity index (χ2v) is 3.15. The number of aromatic nitrogens is 1. The average molecular weight is 192 g/mol. The maximum Gasteiger partial charge on any atom is 0.105 e. The van der Waals surface area contributed by atoms with E-state index < -0.39 is 0 Å². The largest absolute Gasteiger partial charge is 0.387 e. The molecule has 0 amide bonds. The summed E-state index contributed by atoms with van der Waals surface area (Å²) in [5, 5.41) is 7.21. The van der Waals surface area contributed by atoms with Crippen LogP contribution in [0.25, 0.3) is 0 Å². The van der Waals surface area contributed by atoms with Crippen molar-refractivity contribution < 1.29 is 0 Å². The lowest BCUT2D eigenvalue weighted by Crippen LogP contribution is -2.33. The molecule has 0 saturated heterocycles. The van der Waals surface area contributed by atoms with E-state index in [0.29, 0.717) is 6.54 Å². The number of nitrogens with two attached hydrogens (primary N) is 1. The van der Waals surface area contributed by atoms with Crippen molar-refractivity contribution in [1.82, 2.24) is 9.88 Å². The fourth-order valence-corrected chi connectivity index (χ4v) is 1.24. The fraction of sp³-hybridized carbons (Fsp3) is 0.400. The van der Waals surface area contributed by atoms with Crippen molar-refractivity contribution in [2.75, 3.05) is 13.1 Å². The minimum Gasteiger partial charge on any atom is -0.387 e. The second-order valence-electron chi connectivity index (χ2n) is 3.15. The number of nitrogens with zero attached hydrogens (tertiary/aromatic N) is 2. The van der Waals surface area contributed by atoms with Gasteiger partial charge in [0.15, 0.2) is 0 Å². The highest BCUT2D eigenvalue weighted by Crippen LogP contribution is 1.99. The summed E-state index contributed by atoms with van der Waals surface area (Å²) >= 11 is 0. The molecule has 0 saturated carbocycles. The smallest absolute Gasteiger partial charge is 0.105 e. The van der Waals surface area contributed by atoms with Gasteiger partial charge in [0.2, 0.25) is 0 Å². The van der Waals surface area contributed by atoms with Crippen molar-refractivity contribution >= 4 is 5.84 Å². The highest BCUT2D eigenvalue weighted by Gasteiger charge is 2.04. The maximum atomic E-state index is 7.21. The number of rotatable bonds is 5. The first-order chi connectivity index (χ1) is 6.72. The van der Waals surface area contributed by atoms with Gasteiger partial charge in [-0.3, -0.25) is 15.3 Å². The lowest BCUT2D eigenvalue weighted by molar-refractivity contribution is 0.315. The molecule has 4 heteroatoms. The topological polar surface area (TPSA) is 66.0 Å². The van der Waals surface area contributed by atoms with Gasteiger partial charge in [0.1, 0.15) is 5.84 Å². The number of likely N-dealkylation sites (N-methyl/N-ethyl adjacent to an activating group) is 1. The molecular weight excluding hydrogens is 176 g/mol. The molecule has 1 rings (SSSR count). The number of nitrogens with one attached hydrogen (secondary N) is 1. The van der Waals surface area contributed by atoms with E-state index in [1.165, 1.54) is 0 Å². The predicted octanol–water partition coefficient (Wildman–Crippen LogP) is 0.839. The third kappa shape index (κ3) is 3.53. The summed E-state index contributed by atoms with van der Waals surface area (Å²) in [4.78, 5) is 6.29. The van der Waals surface area contributed by atoms with E-state index in [0.717, 1.165) is 18.8 Å². The van der Waals surface area contributed by atoms with Gasteiger partial charge in [0.05, 0.1) is 12.2 Å². The van der Waals surface area contributed by atoms with Gasteiger partial charge in [0, 0.05) is 12.7 Å². The highest BCUT2D eigenvalue weighted by molar-refractivity contribution is 5.78. The van der Waals surface area contributed by atoms with Gasteiger partial charge in [0.25, 0.3) is 0 Å². The van der Waals surface area contributed by atoms with E-state index >= 15 is 0 Å². The summed E-state index contributed by atoms with van der Waals surface area (Å²) in [7, 11) is 0. The molecule has 0 radical (unpaired) electrons. The Bertz CT molecular complexity index is 283. The number of amidine groups is 1. The van der Waals surface area contributed by atoms with E-state index in [4.69, 9.17) is 11.1 Å². The van der Waals surface area contributed by atoms with Crippen LogP contribution in [-0.4, -0.2) is 28.8 Å². The predicted molar refractivity (Wildman–Crippen MR) is 57.1 cm³/mol. The molecule has 0 unspecified atom stereocenters. The number of hydrogen-bond donors (Lipinski definition) is 2. The standard InChI is InChI=1S/C10H16N4/c1-2-14(8-10(11)12)7-9-5-3-4-6-13-9/h3-6H,2,7-8H2,1H3,(H3,11,12). The first kappa shape index (κ1) is 10.7. The average Bonchev–Trinajstić information content (AvgIpc) is 2.17. The lowest BCUT2D eigenvalue weighted by Gasteiger charge is -2.18. The molecule has 14 heavy (non-hydrogen) atoms. The van der Waals surface area contributed by atoms with Crippen molar-refractivity contribution in [3.63, 3.8) is 0 Å². The van der Waals surface area contributed by atoms with Gasteiger partial charge >= 0.3 is 0 Å². The van der Waals surface area contributed by atoms with Crippen LogP contribution in [0.3, 0.4) is 0 Å². The zero-order chi connectivity index (χ0) is 10.4. The van der Waals surface area contributed by atoms with Crippen molar-refractivity contribution in [3.05, 3.63) is 30.1 Å². The molecule has 1 aromatic heterocycles. The van der Waals surface area contributed by atoms with E-state index in [2.05, 4.69) is 9.88 Å². The molecule has 0 aliphatic rings. The lowest BCUT2D eigenvalue weighted by atomic mass is 10.3. The molecular formula is C10H16N4.